The molecule has 1 heterocycles. The topological polar surface area (TPSA) is 41.1 Å². The molecule has 0 aliphatic carbocycles. The number of nitrogens with one attached hydrogen (secondary N) is 2. The van der Waals surface area contributed by atoms with Gasteiger partial charge in [0.2, 0.25) is 5.91 Å². The molecule has 1 saturated heterocycles. The van der Waals surface area contributed by atoms with Gasteiger partial charge in [0.25, 0.3) is 0 Å². The van der Waals surface area contributed by atoms with Crippen LogP contribution in [0.3, 0.4) is 0 Å². The van der Waals surface area contributed by atoms with Crippen molar-refractivity contribution >= 4 is 5.91 Å². The van der Waals surface area contributed by atoms with Gasteiger partial charge in [-0.1, -0.05) is 27.2 Å². The maximum absolute atomic E-state index is 12.0. The van der Waals surface area contributed by atoms with Crippen LogP contribution in [0, 0.1) is 11.8 Å². The van der Waals surface area contributed by atoms with Crippen molar-refractivity contribution in [2.75, 3.05) is 13.1 Å². The zero-order chi connectivity index (χ0) is 13.4. The van der Waals surface area contributed by atoms with Gasteiger partial charge in [-0.05, 0) is 50.6 Å². The van der Waals surface area contributed by atoms with E-state index in [2.05, 4.69) is 31.4 Å². The Kier molecular flexibility index (Phi) is 7.33. The van der Waals surface area contributed by atoms with Gasteiger partial charge in [-0.2, -0.15) is 0 Å². The second-order valence-electron chi connectivity index (χ2n) is 5.73. The fourth-order valence-corrected chi connectivity index (χ4v) is 2.89. The number of hydrogen-bond donors (Lipinski definition) is 2. The van der Waals surface area contributed by atoms with Crippen LogP contribution in [0.25, 0.3) is 0 Å². The van der Waals surface area contributed by atoms with Gasteiger partial charge in [-0.15, -0.1) is 0 Å². The normalized spacial score (nSPS) is 20.4. The van der Waals surface area contributed by atoms with Gasteiger partial charge >= 0.3 is 0 Å². The molecule has 2 unspecified atom stereocenters. The molecule has 106 valence electrons. The molecule has 0 aromatic heterocycles. The van der Waals surface area contributed by atoms with Crippen molar-refractivity contribution in [3.63, 3.8) is 0 Å². The highest BCUT2D eigenvalue weighted by Crippen LogP contribution is 2.24. The number of carbonyl (C=O) groups excluding carboxylic acids is 1. The first-order chi connectivity index (χ1) is 8.67. The van der Waals surface area contributed by atoms with Crippen LogP contribution in [0.15, 0.2) is 0 Å². The zero-order valence-electron chi connectivity index (χ0n) is 12.3. The van der Waals surface area contributed by atoms with E-state index in [0.29, 0.717) is 18.4 Å². The zero-order valence-corrected chi connectivity index (χ0v) is 12.3. The average Bonchev–Trinajstić information content (AvgIpc) is 2.39. The van der Waals surface area contributed by atoms with E-state index in [1.165, 1.54) is 12.8 Å². The van der Waals surface area contributed by atoms with Crippen LogP contribution in [0.5, 0.6) is 0 Å². The molecule has 2 atom stereocenters. The maximum atomic E-state index is 12.0. The van der Waals surface area contributed by atoms with Crippen molar-refractivity contribution < 1.29 is 4.79 Å². The van der Waals surface area contributed by atoms with Crippen molar-refractivity contribution in [3.8, 4) is 0 Å². The van der Waals surface area contributed by atoms with Gasteiger partial charge in [0.1, 0.15) is 0 Å². The number of hydrogen-bond acceptors (Lipinski definition) is 2. The number of amides is 1. The second-order valence-corrected chi connectivity index (χ2v) is 5.73. The van der Waals surface area contributed by atoms with Crippen LogP contribution in [-0.2, 0) is 4.79 Å². The first-order valence-electron chi connectivity index (χ1n) is 7.67. The lowest BCUT2D eigenvalue weighted by atomic mass is 9.84. The smallest absolute Gasteiger partial charge is 0.220 e. The Labute approximate surface area is 112 Å². The summed E-state index contributed by atoms with van der Waals surface area (Å²) in [5, 5.41) is 6.56. The molecule has 0 spiro atoms. The highest BCUT2D eigenvalue weighted by atomic mass is 16.1. The molecular weight excluding hydrogens is 224 g/mol. The van der Waals surface area contributed by atoms with Crippen molar-refractivity contribution in [2.24, 2.45) is 11.8 Å². The summed E-state index contributed by atoms with van der Waals surface area (Å²) in [6.07, 6.45) is 6.43. The summed E-state index contributed by atoms with van der Waals surface area (Å²) in [5.41, 5.74) is 0. The van der Waals surface area contributed by atoms with Crippen LogP contribution < -0.4 is 10.6 Å². The molecule has 3 heteroatoms. The molecule has 0 aromatic rings. The monoisotopic (exact) mass is 254 g/mol. The number of carbonyl (C=O) groups is 1. The van der Waals surface area contributed by atoms with E-state index in [1.54, 1.807) is 0 Å². The Morgan fingerprint density at radius 2 is 2.00 bits per heavy atom. The summed E-state index contributed by atoms with van der Waals surface area (Å²) in [6.45, 7) is 8.79. The molecule has 1 aliphatic rings. The third kappa shape index (κ3) is 5.38. The number of piperidine rings is 1. The summed E-state index contributed by atoms with van der Waals surface area (Å²) < 4.78 is 0. The molecule has 0 saturated carbocycles. The van der Waals surface area contributed by atoms with Gasteiger partial charge < -0.3 is 10.6 Å². The molecule has 0 radical (unpaired) electrons. The summed E-state index contributed by atoms with van der Waals surface area (Å²) >= 11 is 0. The Bertz CT molecular complexity index is 237. The minimum Gasteiger partial charge on any atom is -0.353 e. The third-order valence-corrected chi connectivity index (χ3v) is 4.19. The van der Waals surface area contributed by atoms with Crippen LogP contribution in [0.1, 0.15) is 59.3 Å². The van der Waals surface area contributed by atoms with E-state index < -0.39 is 0 Å². The van der Waals surface area contributed by atoms with E-state index >= 15 is 0 Å². The first-order valence-corrected chi connectivity index (χ1v) is 7.67. The molecule has 1 fully saturated rings. The molecule has 1 amide bonds. The molecule has 1 rings (SSSR count). The van der Waals surface area contributed by atoms with E-state index in [9.17, 15) is 4.79 Å². The third-order valence-electron chi connectivity index (χ3n) is 4.19. The van der Waals surface area contributed by atoms with Gasteiger partial charge in [-0.3, -0.25) is 4.79 Å². The minimum atomic E-state index is 0.251. The lowest BCUT2D eigenvalue weighted by Crippen LogP contribution is -2.37. The van der Waals surface area contributed by atoms with Gasteiger partial charge in [0.15, 0.2) is 0 Å². The molecule has 18 heavy (non-hydrogen) atoms. The van der Waals surface area contributed by atoms with Crippen LogP contribution in [0.4, 0.5) is 0 Å². The predicted octanol–water partition coefficient (Wildman–Crippen LogP) is 2.71. The molecule has 2 N–H and O–H groups in total. The summed E-state index contributed by atoms with van der Waals surface area (Å²) in [6, 6.07) is 0.378. The van der Waals surface area contributed by atoms with E-state index in [-0.39, 0.29) is 5.91 Å². The molecule has 0 bridgehead atoms. The average molecular weight is 254 g/mol. The lowest BCUT2D eigenvalue weighted by Gasteiger charge is -2.28. The Morgan fingerprint density at radius 3 is 2.56 bits per heavy atom. The Morgan fingerprint density at radius 1 is 1.33 bits per heavy atom. The van der Waals surface area contributed by atoms with Crippen molar-refractivity contribution in [3.05, 3.63) is 0 Å². The van der Waals surface area contributed by atoms with Gasteiger partial charge in [0.05, 0.1) is 0 Å². The number of rotatable bonds is 7. The first kappa shape index (κ1) is 15.5. The lowest BCUT2D eigenvalue weighted by molar-refractivity contribution is -0.123. The highest BCUT2D eigenvalue weighted by molar-refractivity contribution is 5.76. The second kappa shape index (κ2) is 8.52. The SMILES string of the molecule is CCCC(CC)NC(=O)CC(C)C1CCNCC1. The molecular formula is C15H30N2O. The predicted molar refractivity (Wildman–Crippen MR) is 76.5 cm³/mol. The van der Waals surface area contributed by atoms with E-state index in [4.69, 9.17) is 0 Å². The largest absolute Gasteiger partial charge is 0.353 e. The molecule has 0 aromatic carbocycles. The van der Waals surface area contributed by atoms with Crippen LogP contribution in [0.2, 0.25) is 0 Å². The quantitative estimate of drug-likeness (QED) is 0.733. The highest BCUT2D eigenvalue weighted by Gasteiger charge is 2.22. The maximum Gasteiger partial charge on any atom is 0.220 e. The van der Waals surface area contributed by atoms with E-state index in [0.717, 1.165) is 38.3 Å². The fourth-order valence-electron chi connectivity index (χ4n) is 2.89. The fraction of sp³-hybridized carbons (Fsp3) is 0.933. The van der Waals surface area contributed by atoms with Crippen molar-refractivity contribution in [2.45, 2.75) is 65.3 Å². The summed E-state index contributed by atoms with van der Waals surface area (Å²) in [4.78, 5) is 12.0. The van der Waals surface area contributed by atoms with E-state index in [1.807, 2.05) is 0 Å². The Hall–Kier alpha value is -0.570. The Balaban J connectivity index is 2.29. The van der Waals surface area contributed by atoms with Crippen molar-refractivity contribution in [1.82, 2.24) is 10.6 Å². The van der Waals surface area contributed by atoms with Crippen LogP contribution in [-0.4, -0.2) is 25.0 Å². The van der Waals surface area contributed by atoms with Gasteiger partial charge in [0, 0.05) is 12.5 Å². The minimum absolute atomic E-state index is 0.251. The summed E-state index contributed by atoms with van der Waals surface area (Å²) in [7, 11) is 0. The van der Waals surface area contributed by atoms with Crippen molar-refractivity contribution in [1.29, 1.82) is 0 Å². The molecule has 3 nitrogen and oxygen atoms in total. The van der Waals surface area contributed by atoms with Gasteiger partial charge in [-0.25, -0.2) is 0 Å². The van der Waals surface area contributed by atoms with Crippen LogP contribution >= 0.6 is 0 Å². The summed E-state index contributed by atoms with van der Waals surface area (Å²) in [5.74, 6) is 1.50. The molecule has 1 aliphatic heterocycles. The standard InChI is InChI=1S/C15H30N2O/c1-4-6-14(5-2)17-15(18)11-12(3)13-7-9-16-10-8-13/h12-14,16H,4-11H2,1-3H3,(H,17,18).